The molecule has 1 fully saturated rings. The highest BCUT2D eigenvalue weighted by Gasteiger charge is 2.27. The summed E-state index contributed by atoms with van der Waals surface area (Å²) < 4.78 is 27.9. The fourth-order valence-corrected chi connectivity index (χ4v) is 4.82. The molecule has 0 spiro atoms. The van der Waals surface area contributed by atoms with E-state index >= 15 is 0 Å². The number of aryl methyl sites for hydroxylation is 2. The van der Waals surface area contributed by atoms with Crippen LogP contribution in [0, 0.1) is 0 Å². The van der Waals surface area contributed by atoms with Crippen molar-refractivity contribution in [3.05, 3.63) is 29.3 Å². The molecule has 0 aromatic heterocycles. The van der Waals surface area contributed by atoms with Gasteiger partial charge in [0.05, 0.1) is 4.90 Å². The second-order valence-electron chi connectivity index (χ2n) is 6.31. The average Bonchev–Trinajstić information content (AvgIpc) is 2.49. The van der Waals surface area contributed by atoms with Gasteiger partial charge in [-0.3, -0.25) is 0 Å². The molecule has 1 saturated carbocycles. The van der Waals surface area contributed by atoms with Gasteiger partial charge >= 0.3 is 0 Å². The van der Waals surface area contributed by atoms with E-state index in [1.54, 1.807) is 6.07 Å². The van der Waals surface area contributed by atoms with Crippen molar-refractivity contribution in [1.29, 1.82) is 0 Å². The number of hydrogen-bond donors (Lipinski definition) is 2. The highest BCUT2D eigenvalue weighted by molar-refractivity contribution is 7.89. The first-order valence-corrected chi connectivity index (χ1v) is 9.44. The van der Waals surface area contributed by atoms with Crippen LogP contribution in [-0.4, -0.2) is 20.5 Å². The zero-order valence-corrected chi connectivity index (χ0v) is 13.2. The molecule has 0 bridgehead atoms. The van der Waals surface area contributed by atoms with Gasteiger partial charge in [0.2, 0.25) is 10.0 Å². The molecule has 0 aliphatic heterocycles. The third kappa shape index (κ3) is 3.30. The van der Waals surface area contributed by atoms with Gasteiger partial charge in [-0.25, -0.2) is 13.1 Å². The molecular formula is C16H24N2O2S. The van der Waals surface area contributed by atoms with Gasteiger partial charge in [0.25, 0.3) is 0 Å². The Balaban J connectivity index is 1.81. The maximum absolute atomic E-state index is 12.6. The Bertz CT molecular complexity index is 613. The second-order valence-corrected chi connectivity index (χ2v) is 8.03. The summed E-state index contributed by atoms with van der Waals surface area (Å²) in [7, 11) is -3.46. The van der Waals surface area contributed by atoms with E-state index in [1.165, 1.54) is 17.5 Å². The van der Waals surface area contributed by atoms with Crippen LogP contribution >= 0.6 is 0 Å². The first-order chi connectivity index (χ1) is 10.1. The zero-order valence-electron chi connectivity index (χ0n) is 12.3. The molecule has 5 heteroatoms. The third-order valence-electron chi connectivity index (χ3n) is 4.76. The lowest BCUT2D eigenvalue weighted by molar-refractivity contribution is 0.361. The Hall–Kier alpha value is -0.910. The van der Waals surface area contributed by atoms with Crippen LogP contribution in [0.15, 0.2) is 23.1 Å². The molecule has 0 amide bonds. The third-order valence-corrected chi connectivity index (χ3v) is 6.24. The molecule has 0 heterocycles. The normalized spacial score (nSPS) is 26.3. The van der Waals surface area contributed by atoms with Crippen molar-refractivity contribution in [1.82, 2.24) is 4.72 Å². The zero-order chi connectivity index (χ0) is 14.9. The summed E-state index contributed by atoms with van der Waals surface area (Å²) in [4.78, 5) is 0.390. The molecular weight excluding hydrogens is 284 g/mol. The highest BCUT2D eigenvalue weighted by Crippen LogP contribution is 2.25. The summed E-state index contributed by atoms with van der Waals surface area (Å²) >= 11 is 0. The van der Waals surface area contributed by atoms with Crippen LogP contribution in [0.4, 0.5) is 0 Å². The molecule has 2 aliphatic rings. The molecule has 3 rings (SSSR count). The van der Waals surface area contributed by atoms with E-state index in [2.05, 4.69) is 4.72 Å². The van der Waals surface area contributed by atoms with Gasteiger partial charge in [-0.05, 0) is 61.8 Å². The summed E-state index contributed by atoms with van der Waals surface area (Å²) in [6.07, 6.45) is 8.29. The topological polar surface area (TPSA) is 72.2 Å². The number of benzene rings is 1. The van der Waals surface area contributed by atoms with Gasteiger partial charge < -0.3 is 5.73 Å². The molecule has 1 aromatic carbocycles. The Labute approximate surface area is 127 Å². The monoisotopic (exact) mass is 308 g/mol. The Kier molecular flexibility index (Phi) is 4.33. The van der Waals surface area contributed by atoms with E-state index in [9.17, 15) is 8.42 Å². The van der Waals surface area contributed by atoms with E-state index in [4.69, 9.17) is 5.73 Å². The summed E-state index contributed by atoms with van der Waals surface area (Å²) in [5, 5.41) is 0. The predicted octanol–water partition coefficient (Wildman–Crippen LogP) is 2.11. The molecule has 0 radical (unpaired) electrons. The highest BCUT2D eigenvalue weighted by atomic mass is 32.2. The quantitative estimate of drug-likeness (QED) is 0.898. The van der Waals surface area contributed by atoms with Gasteiger partial charge in [0.15, 0.2) is 0 Å². The summed E-state index contributed by atoms with van der Waals surface area (Å²) in [5.74, 6) is 0. The van der Waals surface area contributed by atoms with Crippen LogP contribution < -0.4 is 10.5 Å². The number of sulfonamides is 1. The molecule has 2 atom stereocenters. The van der Waals surface area contributed by atoms with Crippen LogP contribution in [0.2, 0.25) is 0 Å². The smallest absolute Gasteiger partial charge is 0.240 e. The van der Waals surface area contributed by atoms with Crippen molar-refractivity contribution >= 4 is 10.0 Å². The Morgan fingerprint density at radius 3 is 2.48 bits per heavy atom. The molecule has 2 aliphatic carbocycles. The van der Waals surface area contributed by atoms with Gasteiger partial charge in [0.1, 0.15) is 0 Å². The summed E-state index contributed by atoms with van der Waals surface area (Å²) in [6.45, 7) is 0. The number of nitrogens with one attached hydrogen (secondary N) is 1. The number of hydrogen-bond acceptors (Lipinski definition) is 3. The van der Waals surface area contributed by atoms with E-state index in [-0.39, 0.29) is 12.1 Å². The van der Waals surface area contributed by atoms with E-state index in [0.717, 1.165) is 44.9 Å². The summed E-state index contributed by atoms with van der Waals surface area (Å²) in [6, 6.07) is 5.38. The minimum atomic E-state index is -3.46. The van der Waals surface area contributed by atoms with Gasteiger partial charge in [-0.15, -0.1) is 0 Å². The molecule has 116 valence electrons. The van der Waals surface area contributed by atoms with Crippen molar-refractivity contribution in [2.75, 3.05) is 0 Å². The molecule has 3 N–H and O–H groups in total. The van der Waals surface area contributed by atoms with Crippen molar-refractivity contribution in [2.24, 2.45) is 5.73 Å². The van der Waals surface area contributed by atoms with Crippen LogP contribution in [-0.2, 0) is 22.9 Å². The molecule has 21 heavy (non-hydrogen) atoms. The molecule has 1 aromatic rings. The minimum Gasteiger partial charge on any atom is -0.326 e. The Morgan fingerprint density at radius 1 is 1.00 bits per heavy atom. The SMILES string of the molecule is N[C@@H]1CCCC[C@H]1NS(=O)(=O)c1ccc2c(c1)CCCC2. The van der Waals surface area contributed by atoms with Gasteiger partial charge in [-0.1, -0.05) is 18.9 Å². The van der Waals surface area contributed by atoms with E-state index in [0.29, 0.717) is 4.90 Å². The standard InChI is InChI=1S/C16H24N2O2S/c17-15-7-3-4-8-16(15)18-21(19,20)14-10-9-12-5-1-2-6-13(12)11-14/h9-11,15-16,18H,1-8,17H2/t15-,16-/m1/s1. The summed E-state index contributed by atoms with van der Waals surface area (Å²) in [5.41, 5.74) is 8.54. The first kappa shape index (κ1) is 15.0. The Morgan fingerprint density at radius 2 is 1.71 bits per heavy atom. The fraction of sp³-hybridized carbons (Fsp3) is 0.625. The maximum Gasteiger partial charge on any atom is 0.240 e. The second kappa shape index (κ2) is 6.07. The maximum atomic E-state index is 12.6. The number of nitrogens with two attached hydrogens (primary N) is 1. The van der Waals surface area contributed by atoms with Gasteiger partial charge in [0, 0.05) is 12.1 Å². The van der Waals surface area contributed by atoms with Crippen LogP contribution in [0.25, 0.3) is 0 Å². The number of fused-ring (bicyclic) bond motifs is 1. The van der Waals surface area contributed by atoms with Crippen molar-refractivity contribution in [3.8, 4) is 0 Å². The molecule has 0 unspecified atom stereocenters. The van der Waals surface area contributed by atoms with Crippen molar-refractivity contribution in [3.63, 3.8) is 0 Å². The van der Waals surface area contributed by atoms with Crippen molar-refractivity contribution in [2.45, 2.75) is 68.3 Å². The fourth-order valence-electron chi connectivity index (χ4n) is 3.45. The largest absolute Gasteiger partial charge is 0.326 e. The van der Waals surface area contributed by atoms with Crippen molar-refractivity contribution < 1.29 is 8.42 Å². The number of rotatable bonds is 3. The van der Waals surface area contributed by atoms with Crippen LogP contribution in [0.1, 0.15) is 49.7 Å². The molecule has 0 saturated heterocycles. The minimum absolute atomic E-state index is 0.0637. The van der Waals surface area contributed by atoms with E-state index < -0.39 is 10.0 Å². The van der Waals surface area contributed by atoms with Gasteiger partial charge in [-0.2, -0.15) is 0 Å². The lowest BCUT2D eigenvalue weighted by Crippen LogP contribution is -2.49. The predicted molar refractivity (Wildman–Crippen MR) is 83.6 cm³/mol. The first-order valence-electron chi connectivity index (χ1n) is 7.96. The molecule has 4 nitrogen and oxygen atoms in total. The average molecular weight is 308 g/mol. The van der Waals surface area contributed by atoms with E-state index in [1.807, 2.05) is 12.1 Å². The van der Waals surface area contributed by atoms with Crippen LogP contribution in [0.3, 0.4) is 0 Å². The van der Waals surface area contributed by atoms with Crippen LogP contribution in [0.5, 0.6) is 0 Å². The lowest BCUT2D eigenvalue weighted by atomic mass is 9.92. The lowest BCUT2D eigenvalue weighted by Gasteiger charge is -2.29.